The van der Waals surface area contributed by atoms with Crippen LogP contribution in [0.5, 0.6) is 0 Å². The van der Waals surface area contributed by atoms with Gasteiger partial charge in [-0.2, -0.15) is 0 Å². The smallest absolute Gasteiger partial charge is 0.224 e. The fourth-order valence-corrected chi connectivity index (χ4v) is 7.28. The van der Waals surface area contributed by atoms with E-state index in [0.717, 1.165) is 54.2 Å². The van der Waals surface area contributed by atoms with Crippen molar-refractivity contribution in [2.75, 3.05) is 16.8 Å². The molecule has 5 rings (SSSR count). The van der Waals surface area contributed by atoms with Gasteiger partial charge in [0, 0.05) is 42.8 Å². The van der Waals surface area contributed by atoms with Gasteiger partial charge in [0.05, 0.1) is 6.54 Å². The zero-order valence-electron chi connectivity index (χ0n) is 20.3. The average molecular weight is 434 g/mol. The largest absolute Gasteiger partial charge is 0.364 e. The number of nitrogens with zero attached hydrogens (tertiary/aromatic N) is 2. The molecule has 0 spiro atoms. The number of hydrogen-bond donors (Lipinski definition) is 1. The molecular weight excluding hydrogens is 394 g/mol. The van der Waals surface area contributed by atoms with Gasteiger partial charge in [-0.15, -0.1) is 0 Å². The van der Waals surface area contributed by atoms with Crippen LogP contribution < -0.4 is 10.2 Å². The molecule has 1 N–H and O–H groups in total. The molecule has 4 nitrogen and oxygen atoms in total. The highest BCUT2D eigenvalue weighted by atomic mass is 16.1. The molecule has 3 aliphatic rings. The molecule has 0 saturated heterocycles. The van der Waals surface area contributed by atoms with E-state index in [0.29, 0.717) is 6.42 Å². The number of rotatable bonds is 4. The zero-order valence-corrected chi connectivity index (χ0v) is 20.3. The lowest BCUT2D eigenvalue weighted by molar-refractivity contribution is -0.119. The number of nitrogens with one attached hydrogen (secondary N) is 1. The Bertz CT molecular complexity index is 965. The first-order chi connectivity index (χ1) is 15.3. The van der Waals surface area contributed by atoms with Gasteiger partial charge >= 0.3 is 0 Å². The molecule has 2 atom stereocenters. The molecule has 1 amide bonds. The summed E-state index contributed by atoms with van der Waals surface area (Å²) in [6.45, 7) is 12.0. The second-order valence-corrected chi connectivity index (χ2v) is 11.6. The minimum Gasteiger partial charge on any atom is -0.364 e. The van der Waals surface area contributed by atoms with Gasteiger partial charge in [-0.3, -0.25) is 4.79 Å². The molecule has 2 bridgehead atoms. The molecule has 4 heteroatoms. The van der Waals surface area contributed by atoms with Crippen LogP contribution in [0, 0.1) is 37.0 Å². The lowest BCUT2D eigenvalue weighted by atomic mass is 9.58. The van der Waals surface area contributed by atoms with Gasteiger partial charge in [0.25, 0.3) is 0 Å². The summed E-state index contributed by atoms with van der Waals surface area (Å²) in [7, 11) is 0. The topological polar surface area (TPSA) is 37.3 Å². The van der Waals surface area contributed by atoms with Crippen molar-refractivity contribution in [2.45, 2.75) is 79.3 Å². The molecule has 2 fully saturated rings. The van der Waals surface area contributed by atoms with Crippen molar-refractivity contribution in [3.05, 3.63) is 47.3 Å². The van der Waals surface area contributed by atoms with Crippen LogP contribution in [-0.4, -0.2) is 17.0 Å². The normalized spacial score (nSPS) is 29.5. The molecule has 172 valence electrons. The van der Waals surface area contributed by atoms with Gasteiger partial charge in [0.2, 0.25) is 5.91 Å². The summed E-state index contributed by atoms with van der Waals surface area (Å²) in [5.74, 6) is 2.70. The summed E-state index contributed by atoms with van der Waals surface area (Å²) in [6, 6.07) is 8.83. The Morgan fingerprint density at radius 1 is 1.09 bits per heavy atom. The highest BCUT2D eigenvalue weighted by Crippen LogP contribution is 2.51. The quantitative estimate of drug-likeness (QED) is 0.614. The summed E-state index contributed by atoms with van der Waals surface area (Å²) in [5.41, 5.74) is 6.10. The average Bonchev–Trinajstić information content (AvgIpc) is 3.17. The van der Waals surface area contributed by atoms with E-state index in [9.17, 15) is 4.79 Å². The van der Waals surface area contributed by atoms with Crippen molar-refractivity contribution in [3.8, 4) is 0 Å². The van der Waals surface area contributed by atoms with Crippen LogP contribution in [0.25, 0.3) is 0 Å². The summed E-state index contributed by atoms with van der Waals surface area (Å²) in [6.07, 6.45) is 9.36. The Morgan fingerprint density at radius 3 is 2.47 bits per heavy atom. The fourth-order valence-electron chi connectivity index (χ4n) is 7.28. The summed E-state index contributed by atoms with van der Waals surface area (Å²) in [4.78, 5) is 15.6. The number of anilines is 2. The summed E-state index contributed by atoms with van der Waals surface area (Å²) < 4.78 is 2.34. The Labute approximate surface area is 193 Å². The predicted molar refractivity (Wildman–Crippen MR) is 132 cm³/mol. The Balaban J connectivity index is 1.26. The lowest BCUT2D eigenvalue weighted by Crippen LogP contribution is -2.38. The highest BCUT2D eigenvalue weighted by molar-refractivity contribution is 5.93. The van der Waals surface area contributed by atoms with Crippen LogP contribution in [0.2, 0.25) is 0 Å². The molecule has 2 aromatic rings. The van der Waals surface area contributed by atoms with Gasteiger partial charge in [-0.05, 0) is 105 Å². The van der Waals surface area contributed by atoms with E-state index in [-0.39, 0.29) is 11.3 Å². The molecule has 1 aromatic carbocycles. The van der Waals surface area contributed by atoms with Gasteiger partial charge in [-0.1, -0.05) is 13.8 Å². The highest BCUT2D eigenvalue weighted by Gasteiger charge is 2.41. The first-order valence-electron chi connectivity index (χ1n) is 12.6. The summed E-state index contributed by atoms with van der Waals surface area (Å²) >= 11 is 0. The number of aryl methyl sites for hydroxylation is 2. The number of benzene rings is 1. The second-order valence-electron chi connectivity index (χ2n) is 11.6. The van der Waals surface area contributed by atoms with Crippen molar-refractivity contribution in [2.24, 2.45) is 23.2 Å². The lowest BCUT2D eigenvalue weighted by Gasteiger charge is -2.47. The SMILES string of the molecule is Cc1cc(N2CCn3cccc3C2)cc(C)c1NC(=O)CC1(C)CC2CC(C)CC(C2)C1. The van der Waals surface area contributed by atoms with Crippen LogP contribution in [0.15, 0.2) is 30.5 Å². The second kappa shape index (κ2) is 8.28. The maximum Gasteiger partial charge on any atom is 0.224 e. The van der Waals surface area contributed by atoms with Crippen LogP contribution in [-0.2, 0) is 17.9 Å². The first kappa shape index (κ1) is 21.6. The van der Waals surface area contributed by atoms with Crippen molar-refractivity contribution in [1.82, 2.24) is 4.57 Å². The van der Waals surface area contributed by atoms with Gasteiger partial charge < -0.3 is 14.8 Å². The number of carbonyl (C=O) groups is 1. The number of aromatic nitrogens is 1. The van der Waals surface area contributed by atoms with Crippen LogP contribution >= 0.6 is 0 Å². The number of fused-ring (bicyclic) bond motifs is 3. The standard InChI is InChI=1S/C28H39N3O/c1-19-10-22-14-23(11-19)16-28(4,15-22)17-26(32)29-27-20(2)12-25(13-21(27)3)31-9-8-30-7-5-6-24(30)18-31/h5-7,12-13,19,22-23H,8-11,14-18H2,1-4H3,(H,29,32). The molecule has 2 saturated carbocycles. The molecule has 1 aromatic heterocycles. The minimum atomic E-state index is 0.155. The zero-order chi connectivity index (χ0) is 22.5. The van der Waals surface area contributed by atoms with Crippen LogP contribution in [0.4, 0.5) is 11.4 Å². The third-order valence-corrected chi connectivity index (χ3v) is 8.32. The molecule has 2 heterocycles. The first-order valence-corrected chi connectivity index (χ1v) is 12.6. The van der Waals surface area contributed by atoms with E-state index in [2.05, 4.69) is 72.9 Å². The monoisotopic (exact) mass is 433 g/mol. The van der Waals surface area contributed by atoms with E-state index in [4.69, 9.17) is 0 Å². The summed E-state index contributed by atoms with van der Waals surface area (Å²) in [5, 5.41) is 3.31. The Morgan fingerprint density at radius 2 is 1.78 bits per heavy atom. The van der Waals surface area contributed by atoms with Crippen molar-refractivity contribution in [1.29, 1.82) is 0 Å². The number of hydrogen-bond acceptors (Lipinski definition) is 2. The van der Waals surface area contributed by atoms with Gasteiger partial charge in [0.1, 0.15) is 0 Å². The Hall–Kier alpha value is -2.23. The van der Waals surface area contributed by atoms with Crippen molar-refractivity contribution < 1.29 is 4.79 Å². The van der Waals surface area contributed by atoms with E-state index >= 15 is 0 Å². The molecule has 0 radical (unpaired) electrons. The van der Waals surface area contributed by atoms with E-state index in [1.165, 1.54) is 43.5 Å². The number of carbonyl (C=O) groups excluding carboxylic acids is 1. The van der Waals surface area contributed by atoms with E-state index in [1.807, 2.05) is 0 Å². The maximum absolute atomic E-state index is 13.1. The molecule has 32 heavy (non-hydrogen) atoms. The molecular formula is C28H39N3O. The number of amides is 1. The molecule has 2 aliphatic carbocycles. The predicted octanol–water partition coefficient (Wildman–Crippen LogP) is 6.31. The van der Waals surface area contributed by atoms with Gasteiger partial charge in [0.15, 0.2) is 0 Å². The third kappa shape index (κ3) is 4.33. The Kier molecular flexibility index (Phi) is 5.59. The van der Waals surface area contributed by atoms with Crippen molar-refractivity contribution >= 4 is 17.3 Å². The van der Waals surface area contributed by atoms with Crippen molar-refractivity contribution in [3.63, 3.8) is 0 Å². The minimum absolute atomic E-state index is 0.155. The van der Waals surface area contributed by atoms with E-state index < -0.39 is 0 Å². The van der Waals surface area contributed by atoms with Crippen LogP contribution in [0.3, 0.4) is 0 Å². The maximum atomic E-state index is 13.1. The van der Waals surface area contributed by atoms with E-state index in [1.54, 1.807) is 0 Å². The fraction of sp³-hybridized carbons (Fsp3) is 0.607. The van der Waals surface area contributed by atoms with Gasteiger partial charge in [-0.25, -0.2) is 0 Å². The third-order valence-electron chi connectivity index (χ3n) is 8.32. The molecule has 2 unspecified atom stereocenters. The van der Waals surface area contributed by atoms with Crippen LogP contribution in [0.1, 0.15) is 69.2 Å². The molecule has 1 aliphatic heterocycles.